The van der Waals surface area contributed by atoms with Crippen molar-refractivity contribution in [2.45, 2.75) is 6.92 Å². The summed E-state index contributed by atoms with van der Waals surface area (Å²) in [5, 5.41) is 0. The molecule has 23 heavy (non-hydrogen) atoms. The van der Waals surface area contributed by atoms with Gasteiger partial charge in [-0.05, 0) is 6.92 Å². The molecular formula is C15H22N4O4. The molecule has 2 fully saturated rings. The van der Waals surface area contributed by atoms with Gasteiger partial charge in [-0.1, -0.05) is 0 Å². The second-order valence-electron chi connectivity index (χ2n) is 5.33. The van der Waals surface area contributed by atoms with Crippen LogP contribution < -0.4 is 9.80 Å². The van der Waals surface area contributed by atoms with Crippen LogP contribution >= 0.6 is 0 Å². The van der Waals surface area contributed by atoms with Gasteiger partial charge in [-0.3, -0.25) is 0 Å². The molecule has 126 valence electrons. The van der Waals surface area contributed by atoms with E-state index in [0.29, 0.717) is 44.7 Å². The molecule has 0 radical (unpaired) electrons. The van der Waals surface area contributed by atoms with Crippen LogP contribution in [0.15, 0.2) is 6.07 Å². The maximum atomic E-state index is 12.1. The standard InChI is InChI=1S/C15H22N4O4/c1-2-23-14(20)12-11-13(18-3-7-21-8-4-18)17-15(16-12)19-5-9-22-10-6-19/h11H,2-10H2,1H3. The van der Waals surface area contributed by atoms with E-state index in [4.69, 9.17) is 14.2 Å². The summed E-state index contributed by atoms with van der Waals surface area (Å²) in [7, 11) is 0. The molecule has 0 amide bonds. The first-order valence-electron chi connectivity index (χ1n) is 7.99. The Morgan fingerprint density at radius 3 is 2.30 bits per heavy atom. The molecule has 0 bridgehead atoms. The average molecular weight is 322 g/mol. The van der Waals surface area contributed by atoms with Gasteiger partial charge in [0.15, 0.2) is 5.69 Å². The lowest BCUT2D eigenvalue weighted by Gasteiger charge is -2.30. The van der Waals surface area contributed by atoms with Crippen LogP contribution in [0.2, 0.25) is 0 Å². The SMILES string of the molecule is CCOC(=O)c1cc(N2CCOCC2)nc(N2CCOCC2)n1. The number of morpholine rings is 2. The van der Waals surface area contributed by atoms with Crippen LogP contribution in [0.4, 0.5) is 11.8 Å². The number of aromatic nitrogens is 2. The van der Waals surface area contributed by atoms with Crippen molar-refractivity contribution >= 4 is 17.7 Å². The van der Waals surface area contributed by atoms with Crippen molar-refractivity contribution in [3.63, 3.8) is 0 Å². The summed E-state index contributed by atoms with van der Waals surface area (Å²) in [6.07, 6.45) is 0. The van der Waals surface area contributed by atoms with Gasteiger partial charge in [0.25, 0.3) is 0 Å². The normalized spacial score (nSPS) is 18.8. The van der Waals surface area contributed by atoms with Gasteiger partial charge in [-0.15, -0.1) is 0 Å². The first-order chi connectivity index (χ1) is 11.3. The van der Waals surface area contributed by atoms with E-state index in [1.165, 1.54) is 0 Å². The van der Waals surface area contributed by atoms with Crippen molar-refractivity contribution in [1.82, 2.24) is 9.97 Å². The smallest absolute Gasteiger partial charge is 0.357 e. The van der Waals surface area contributed by atoms with Gasteiger partial charge < -0.3 is 24.0 Å². The largest absolute Gasteiger partial charge is 0.461 e. The topological polar surface area (TPSA) is 77.0 Å². The average Bonchev–Trinajstić information content (AvgIpc) is 2.63. The Balaban J connectivity index is 1.90. The summed E-state index contributed by atoms with van der Waals surface area (Å²) in [4.78, 5) is 25.3. The molecule has 3 heterocycles. The highest BCUT2D eigenvalue weighted by Crippen LogP contribution is 2.20. The molecule has 1 aromatic heterocycles. The van der Waals surface area contributed by atoms with Crippen molar-refractivity contribution in [3.8, 4) is 0 Å². The zero-order valence-electron chi connectivity index (χ0n) is 13.4. The number of rotatable bonds is 4. The second-order valence-corrected chi connectivity index (χ2v) is 5.33. The van der Waals surface area contributed by atoms with Crippen LogP contribution in [-0.4, -0.2) is 75.2 Å². The molecule has 2 saturated heterocycles. The number of carbonyl (C=O) groups excluding carboxylic acids is 1. The lowest BCUT2D eigenvalue weighted by atomic mass is 10.3. The summed E-state index contributed by atoms with van der Waals surface area (Å²) in [6.45, 7) is 7.64. The van der Waals surface area contributed by atoms with Crippen molar-refractivity contribution in [1.29, 1.82) is 0 Å². The summed E-state index contributed by atoms with van der Waals surface area (Å²) in [6, 6.07) is 1.70. The third-order valence-corrected chi connectivity index (χ3v) is 3.81. The maximum Gasteiger partial charge on any atom is 0.357 e. The second kappa shape index (κ2) is 7.56. The highest BCUT2D eigenvalue weighted by atomic mass is 16.5. The molecule has 0 aromatic carbocycles. The summed E-state index contributed by atoms with van der Waals surface area (Å²) >= 11 is 0. The molecule has 0 spiro atoms. The quantitative estimate of drug-likeness (QED) is 0.734. The van der Waals surface area contributed by atoms with E-state index in [1.54, 1.807) is 13.0 Å². The predicted molar refractivity (Wildman–Crippen MR) is 84.1 cm³/mol. The lowest BCUT2D eigenvalue weighted by Crippen LogP contribution is -2.39. The molecule has 0 unspecified atom stereocenters. The van der Waals surface area contributed by atoms with Gasteiger partial charge in [0.1, 0.15) is 5.82 Å². The Kier molecular flexibility index (Phi) is 5.24. The number of anilines is 2. The van der Waals surface area contributed by atoms with Gasteiger partial charge in [0.05, 0.1) is 33.0 Å². The van der Waals surface area contributed by atoms with Crippen LogP contribution in [0, 0.1) is 0 Å². The lowest BCUT2D eigenvalue weighted by molar-refractivity contribution is 0.0519. The maximum absolute atomic E-state index is 12.1. The molecule has 2 aliphatic rings. The van der Waals surface area contributed by atoms with E-state index in [9.17, 15) is 4.79 Å². The minimum atomic E-state index is -0.418. The van der Waals surface area contributed by atoms with E-state index in [2.05, 4.69) is 14.9 Å². The molecule has 3 rings (SSSR count). The molecule has 0 saturated carbocycles. The van der Waals surface area contributed by atoms with Crippen molar-refractivity contribution in [3.05, 3.63) is 11.8 Å². The fourth-order valence-electron chi connectivity index (χ4n) is 2.59. The Morgan fingerprint density at radius 1 is 1.09 bits per heavy atom. The minimum absolute atomic E-state index is 0.296. The van der Waals surface area contributed by atoms with Crippen LogP contribution in [-0.2, 0) is 14.2 Å². The number of hydrogen-bond acceptors (Lipinski definition) is 8. The molecule has 2 aliphatic heterocycles. The zero-order valence-corrected chi connectivity index (χ0v) is 13.4. The molecule has 0 aliphatic carbocycles. The van der Waals surface area contributed by atoms with E-state index in [0.717, 1.165) is 32.0 Å². The Hall–Kier alpha value is -1.93. The summed E-state index contributed by atoms with van der Waals surface area (Å²) in [5.41, 5.74) is 0.296. The van der Waals surface area contributed by atoms with E-state index in [-0.39, 0.29) is 0 Å². The Morgan fingerprint density at radius 2 is 1.70 bits per heavy atom. The fourth-order valence-corrected chi connectivity index (χ4v) is 2.59. The first-order valence-corrected chi connectivity index (χ1v) is 7.99. The number of carbonyl (C=O) groups is 1. The van der Waals surface area contributed by atoms with Gasteiger partial charge in [-0.25, -0.2) is 9.78 Å². The monoisotopic (exact) mass is 322 g/mol. The zero-order chi connectivity index (χ0) is 16.1. The van der Waals surface area contributed by atoms with Gasteiger partial charge in [-0.2, -0.15) is 4.98 Å². The molecule has 1 aromatic rings. The van der Waals surface area contributed by atoms with E-state index in [1.807, 2.05) is 4.90 Å². The van der Waals surface area contributed by atoms with E-state index >= 15 is 0 Å². The Labute approximate surface area is 135 Å². The third-order valence-electron chi connectivity index (χ3n) is 3.81. The van der Waals surface area contributed by atoms with Crippen LogP contribution in [0.5, 0.6) is 0 Å². The molecule has 0 N–H and O–H groups in total. The molecule has 8 nitrogen and oxygen atoms in total. The van der Waals surface area contributed by atoms with Crippen LogP contribution in [0.25, 0.3) is 0 Å². The highest BCUT2D eigenvalue weighted by Gasteiger charge is 2.22. The molecule has 0 atom stereocenters. The van der Waals surface area contributed by atoms with Gasteiger partial charge in [0.2, 0.25) is 5.95 Å². The molecule has 8 heteroatoms. The summed E-state index contributed by atoms with van der Waals surface area (Å²) < 4.78 is 15.8. The molecular weight excluding hydrogens is 300 g/mol. The van der Waals surface area contributed by atoms with Crippen molar-refractivity contribution in [2.24, 2.45) is 0 Å². The van der Waals surface area contributed by atoms with Crippen LogP contribution in [0.3, 0.4) is 0 Å². The number of ether oxygens (including phenoxy) is 3. The number of nitrogens with zero attached hydrogens (tertiary/aromatic N) is 4. The van der Waals surface area contributed by atoms with Crippen molar-refractivity contribution < 1.29 is 19.0 Å². The van der Waals surface area contributed by atoms with Crippen molar-refractivity contribution in [2.75, 3.05) is 69.0 Å². The Bertz CT molecular complexity index is 506. The van der Waals surface area contributed by atoms with Crippen LogP contribution in [0.1, 0.15) is 17.4 Å². The minimum Gasteiger partial charge on any atom is -0.461 e. The van der Waals surface area contributed by atoms with Gasteiger partial charge >= 0.3 is 5.97 Å². The predicted octanol–water partition coefficient (Wildman–Crippen LogP) is 0.327. The number of esters is 1. The van der Waals surface area contributed by atoms with Gasteiger partial charge in [0, 0.05) is 32.2 Å². The number of hydrogen-bond donors (Lipinski definition) is 0. The first kappa shape index (κ1) is 15.9. The third kappa shape index (κ3) is 3.89. The summed E-state index contributed by atoms with van der Waals surface area (Å²) in [5.74, 6) is 0.882. The van der Waals surface area contributed by atoms with E-state index < -0.39 is 5.97 Å². The highest BCUT2D eigenvalue weighted by molar-refractivity contribution is 5.88. The fraction of sp³-hybridized carbons (Fsp3) is 0.667.